The number of phenols is 1. The molecule has 4 amide bonds. The van der Waals surface area contributed by atoms with Crippen molar-refractivity contribution in [3.63, 3.8) is 0 Å². The average Bonchev–Trinajstić information content (AvgIpc) is 3.11. The van der Waals surface area contributed by atoms with Gasteiger partial charge in [-0.1, -0.05) is 29.8 Å². The topological polar surface area (TPSA) is 95.0 Å². The third kappa shape index (κ3) is 2.85. The number of amides is 4. The molecule has 0 aromatic heterocycles. The zero-order valence-electron chi connectivity index (χ0n) is 20.3. The Morgan fingerprint density at radius 1 is 1.03 bits per heavy atom. The number of imide groups is 2. The van der Waals surface area contributed by atoms with Crippen LogP contribution in [0.3, 0.4) is 0 Å². The van der Waals surface area contributed by atoms with Gasteiger partial charge in [0.15, 0.2) is 9.75 Å². The fourth-order valence-electron chi connectivity index (χ4n) is 6.67. The highest BCUT2D eigenvalue weighted by molar-refractivity contribution is 6.53. The lowest BCUT2D eigenvalue weighted by Gasteiger charge is -2.51. The normalized spacial score (nSPS) is 36.8. The predicted molar refractivity (Wildman–Crippen MR) is 130 cm³/mol. The monoisotopic (exact) mass is 518 g/mol. The van der Waals surface area contributed by atoms with Crippen molar-refractivity contribution in [2.24, 2.45) is 17.8 Å². The van der Waals surface area contributed by atoms with E-state index in [4.69, 9.17) is 23.2 Å². The van der Waals surface area contributed by atoms with E-state index >= 15 is 0 Å². The Hall–Kier alpha value is -2.38. The van der Waals surface area contributed by atoms with Crippen LogP contribution >= 0.6 is 23.2 Å². The number of aryl methyl sites for hydroxylation is 1. The number of likely N-dealkylation sites (tertiary alicyclic amines) is 2. The number of phenolic OH excluding ortho intramolecular Hbond substituents is 1. The van der Waals surface area contributed by atoms with Gasteiger partial charge in [0.25, 0.3) is 11.8 Å². The molecule has 1 N–H and O–H groups in total. The average molecular weight is 519 g/mol. The van der Waals surface area contributed by atoms with Crippen molar-refractivity contribution >= 4 is 46.8 Å². The van der Waals surface area contributed by atoms with Crippen molar-refractivity contribution in [2.75, 3.05) is 7.05 Å². The van der Waals surface area contributed by atoms with E-state index in [-0.39, 0.29) is 24.0 Å². The number of aromatic hydroxyl groups is 1. The quantitative estimate of drug-likeness (QED) is 0.348. The van der Waals surface area contributed by atoms with Crippen LogP contribution in [0.1, 0.15) is 50.7 Å². The summed E-state index contributed by atoms with van der Waals surface area (Å²) in [6, 6.07) is 5.14. The van der Waals surface area contributed by atoms with E-state index in [0.717, 1.165) is 4.90 Å². The Morgan fingerprint density at radius 2 is 1.69 bits per heavy atom. The van der Waals surface area contributed by atoms with Gasteiger partial charge in [-0.3, -0.25) is 29.0 Å². The highest BCUT2D eigenvalue weighted by Crippen LogP contribution is 2.66. The smallest absolute Gasteiger partial charge is 0.253 e. The molecule has 6 atom stereocenters. The van der Waals surface area contributed by atoms with Gasteiger partial charge in [-0.15, -0.1) is 23.2 Å². The van der Waals surface area contributed by atoms with Crippen molar-refractivity contribution in [1.82, 2.24) is 9.80 Å². The number of hydrogen-bond acceptors (Lipinski definition) is 5. The highest BCUT2D eigenvalue weighted by atomic mass is 35.5. The minimum atomic E-state index is -1.89. The predicted octanol–water partition coefficient (Wildman–Crippen LogP) is 3.49. The number of halogens is 2. The van der Waals surface area contributed by atoms with E-state index in [0.29, 0.717) is 23.1 Å². The van der Waals surface area contributed by atoms with Crippen LogP contribution < -0.4 is 0 Å². The van der Waals surface area contributed by atoms with Crippen LogP contribution in [-0.2, 0) is 19.2 Å². The summed E-state index contributed by atoms with van der Waals surface area (Å²) in [6.45, 7) is 7.16. The molecular weight excluding hydrogens is 491 g/mol. The second kappa shape index (κ2) is 7.32. The first-order valence-electron chi connectivity index (χ1n) is 11.7. The molecule has 9 heteroatoms. The van der Waals surface area contributed by atoms with E-state index in [1.54, 1.807) is 25.1 Å². The number of benzene rings is 1. The van der Waals surface area contributed by atoms with Gasteiger partial charge in [0.2, 0.25) is 11.8 Å². The van der Waals surface area contributed by atoms with Crippen LogP contribution in [0, 0.1) is 24.7 Å². The van der Waals surface area contributed by atoms with Crippen LogP contribution in [0.2, 0.25) is 0 Å². The van der Waals surface area contributed by atoms with E-state index in [1.807, 2.05) is 26.8 Å². The lowest BCUT2D eigenvalue weighted by Crippen LogP contribution is -2.60. The fourth-order valence-corrected chi connectivity index (χ4v) is 7.68. The van der Waals surface area contributed by atoms with Gasteiger partial charge >= 0.3 is 0 Å². The second-order valence-corrected chi connectivity index (χ2v) is 12.4. The van der Waals surface area contributed by atoms with Crippen LogP contribution in [0.15, 0.2) is 29.8 Å². The first-order valence-corrected chi connectivity index (χ1v) is 12.5. The van der Waals surface area contributed by atoms with E-state index in [2.05, 4.69) is 0 Å². The number of fused-ring (bicyclic) bond motifs is 4. The van der Waals surface area contributed by atoms with Crippen molar-refractivity contribution in [3.8, 4) is 5.75 Å². The Bertz CT molecular complexity index is 1240. The summed E-state index contributed by atoms with van der Waals surface area (Å²) < 4.78 is 0. The van der Waals surface area contributed by atoms with Gasteiger partial charge in [-0.2, -0.15) is 0 Å². The summed E-state index contributed by atoms with van der Waals surface area (Å²) in [7, 11) is 1.34. The highest BCUT2D eigenvalue weighted by Gasteiger charge is 2.76. The molecule has 1 aromatic rings. The molecule has 186 valence electrons. The first kappa shape index (κ1) is 24.3. The van der Waals surface area contributed by atoms with Gasteiger partial charge in [0.05, 0.1) is 11.8 Å². The van der Waals surface area contributed by atoms with Gasteiger partial charge in [-0.25, -0.2) is 0 Å². The number of nitrogens with zero attached hydrogens (tertiary/aromatic N) is 2. The van der Waals surface area contributed by atoms with Crippen molar-refractivity contribution < 1.29 is 24.3 Å². The maximum atomic E-state index is 13.7. The third-order valence-corrected chi connectivity index (χ3v) is 9.68. The Balaban J connectivity index is 1.75. The lowest BCUT2D eigenvalue weighted by atomic mass is 9.56. The Labute approximate surface area is 214 Å². The molecule has 0 unspecified atom stereocenters. The van der Waals surface area contributed by atoms with Crippen molar-refractivity contribution in [3.05, 3.63) is 41.0 Å². The zero-order chi connectivity index (χ0) is 25.8. The molecule has 2 heterocycles. The van der Waals surface area contributed by atoms with Gasteiger partial charge < -0.3 is 5.11 Å². The van der Waals surface area contributed by atoms with Crippen molar-refractivity contribution in [2.45, 2.75) is 61.7 Å². The Kier molecular flexibility index (Phi) is 5.09. The standard InChI is InChI=1S/C26H28Cl2N2O5/c1-12-7-6-8-15(19(12)31)18-13-9-10-14-17(21(33)30(20(14)32)24(2,3)4)16(13)11-25(27)22(34)29(5)23(35)26(18,25)28/h6-9,14,16-18,31H,10-11H2,1-5H3/t14-,16+,17-,18+,25+,26-/m0/s1. The number of carbonyl (C=O) groups is 4. The summed E-state index contributed by atoms with van der Waals surface area (Å²) in [5, 5.41) is 11.0. The van der Waals surface area contributed by atoms with Crippen LogP contribution in [-0.4, -0.2) is 60.9 Å². The molecule has 5 rings (SSSR count). The number of alkyl halides is 2. The lowest BCUT2D eigenvalue weighted by molar-refractivity contribution is -0.146. The molecule has 0 radical (unpaired) electrons. The second-order valence-electron chi connectivity index (χ2n) is 11.2. The summed E-state index contributed by atoms with van der Waals surface area (Å²) in [5.41, 5.74) is 0.922. The minimum absolute atomic E-state index is 0.0415. The molecule has 1 saturated carbocycles. The molecule has 2 aliphatic carbocycles. The van der Waals surface area contributed by atoms with Crippen LogP contribution in [0.4, 0.5) is 0 Å². The molecule has 2 saturated heterocycles. The molecule has 1 aromatic carbocycles. The number of para-hydroxylation sites is 1. The van der Waals surface area contributed by atoms with Crippen LogP contribution in [0.5, 0.6) is 5.75 Å². The Morgan fingerprint density at radius 3 is 2.31 bits per heavy atom. The molecule has 35 heavy (non-hydrogen) atoms. The maximum Gasteiger partial charge on any atom is 0.253 e. The molecule has 4 aliphatic rings. The van der Waals surface area contributed by atoms with Crippen LogP contribution in [0.25, 0.3) is 0 Å². The van der Waals surface area contributed by atoms with Gasteiger partial charge in [0, 0.05) is 24.1 Å². The molecule has 3 fully saturated rings. The SMILES string of the molecule is Cc1cccc([C@H]2C3=CC[C@@H]4C(=O)N(C(C)(C)C)C(=O)[C@@H]4[C@@H]3C[C@@]3(Cl)C(=O)N(C)C(=O)[C@@]23Cl)c1O. The first-order chi connectivity index (χ1) is 16.2. The number of rotatable bonds is 1. The zero-order valence-corrected chi connectivity index (χ0v) is 21.8. The van der Waals surface area contributed by atoms with Gasteiger partial charge in [-0.05, 0) is 52.0 Å². The summed E-state index contributed by atoms with van der Waals surface area (Å²) >= 11 is 14.2. The molecule has 0 spiro atoms. The number of carbonyl (C=O) groups excluding carboxylic acids is 4. The fraction of sp³-hybridized carbons (Fsp3) is 0.538. The largest absolute Gasteiger partial charge is 0.507 e. The third-order valence-electron chi connectivity index (χ3n) is 8.27. The summed E-state index contributed by atoms with van der Waals surface area (Å²) in [6.07, 6.45) is 2.11. The number of hydrogen-bond donors (Lipinski definition) is 1. The molecule has 7 nitrogen and oxygen atoms in total. The summed E-state index contributed by atoms with van der Waals surface area (Å²) in [5.74, 6) is -4.70. The van der Waals surface area contributed by atoms with E-state index in [1.165, 1.54) is 11.9 Å². The minimum Gasteiger partial charge on any atom is -0.507 e. The maximum absolute atomic E-state index is 13.7. The molecule has 0 bridgehead atoms. The number of allylic oxidation sites excluding steroid dienone is 2. The molecule has 2 aliphatic heterocycles. The van der Waals surface area contributed by atoms with Gasteiger partial charge in [0.1, 0.15) is 5.75 Å². The molecular formula is C26H28Cl2N2O5. The summed E-state index contributed by atoms with van der Waals surface area (Å²) in [4.78, 5) is 52.4. The van der Waals surface area contributed by atoms with E-state index < -0.39 is 50.8 Å². The van der Waals surface area contributed by atoms with Crippen molar-refractivity contribution in [1.29, 1.82) is 0 Å². The van der Waals surface area contributed by atoms with E-state index in [9.17, 15) is 24.3 Å².